The van der Waals surface area contributed by atoms with Crippen molar-refractivity contribution in [1.82, 2.24) is 4.90 Å². The second kappa shape index (κ2) is 5.36. The number of hydrogen-bond acceptors (Lipinski definition) is 4. The minimum Gasteiger partial charge on any atom is -0.330 e. The molecule has 80 valence electrons. The van der Waals surface area contributed by atoms with Gasteiger partial charge >= 0.3 is 0 Å². The molecule has 1 rings (SSSR count). The van der Waals surface area contributed by atoms with Crippen molar-refractivity contribution in [1.29, 1.82) is 0 Å². The first-order valence-corrected chi connectivity index (χ1v) is 5.91. The zero-order valence-corrected chi connectivity index (χ0v) is 9.18. The SMILES string of the molecule is CCCN1C(=O)CC(SCCN)C1=O. The first kappa shape index (κ1) is 11.5. The first-order chi connectivity index (χ1) is 6.70. The molecular formula is C9H16N2O2S. The Balaban J connectivity index is 2.51. The normalized spacial score (nSPS) is 22.1. The zero-order valence-electron chi connectivity index (χ0n) is 8.36. The fourth-order valence-corrected chi connectivity index (χ4v) is 2.40. The molecule has 5 heteroatoms. The Morgan fingerprint density at radius 2 is 2.29 bits per heavy atom. The van der Waals surface area contributed by atoms with E-state index in [2.05, 4.69) is 0 Å². The number of carbonyl (C=O) groups is 2. The van der Waals surface area contributed by atoms with Crippen LogP contribution in [0.1, 0.15) is 19.8 Å². The number of amides is 2. The Hall–Kier alpha value is -0.550. The number of carbonyl (C=O) groups excluding carboxylic acids is 2. The van der Waals surface area contributed by atoms with E-state index >= 15 is 0 Å². The zero-order chi connectivity index (χ0) is 10.6. The quantitative estimate of drug-likeness (QED) is 0.668. The van der Waals surface area contributed by atoms with Gasteiger partial charge in [0.1, 0.15) is 0 Å². The number of rotatable bonds is 5. The number of thioether (sulfide) groups is 1. The van der Waals surface area contributed by atoms with Gasteiger partial charge in [0.05, 0.1) is 5.25 Å². The molecule has 0 aliphatic carbocycles. The topological polar surface area (TPSA) is 63.4 Å². The third kappa shape index (κ3) is 2.48. The minimum atomic E-state index is -0.183. The number of imide groups is 1. The molecule has 1 fully saturated rings. The Morgan fingerprint density at radius 3 is 2.86 bits per heavy atom. The molecule has 1 aliphatic rings. The van der Waals surface area contributed by atoms with E-state index < -0.39 is 0 Å². The van der Waals surface area contributed by atoms with Crippen molar-refractivity contribution >= 4 is 23.6 Å². The summed E-state index contributed by atoms with van der Waals surface area (Å²) < 4.78 is 0. The highest BCUT2D eigenvalue weighted by molar-refractivity contribution is 8.00. The van der Waals surface area contributed by atoms with Crippen molar-refractivity contribution in [3.05, 3.63) is 0 Å². The number of nitrogens with two attached hydrogens (primary N) is 1. The van der Waals surface area contributed by atoms with Crippen LogP contribution in [-0.2, 0) is 9.59 Å². The monoisotopic (exact) mass is 216 g/mol. The summed E-state index contributed by atoms with van der Waals surface area (Å²) in [7, 11) is 0. The summed E-state index contributed by atoms with van der Waals surface area (Å²) in [4.78, 5) is 24.4. The fourth-order valence-electron chi connectivity index (χ4n) is 1.45. The molecule has 1 heterocycles. The molecule has 0 radical (unpaired) electrons. The average Bonchev–Trinajstić information content (AvgIpc) is 2.43. The summed E-state index contributed by atoms with van der Waals surface area (Å²) in [5.74, 6) is 0.672. The molecule has 4 nitrogen and oxygen atoms in total. The van der Waals surface area contributed by atoms with Crippen LogP contribution in [0, 0.1) is 0 Å². The van der Waals surface area contributed by atoms with Crippen LogP contribution >= 0.6 is 11.8 Å². The second-order valence-corrected chi connectivity index (χ2v) is 4.55. The van der Waals surface area contributed by atoms with Crippen LogP contribution in [0.2, 0.25) is 0 Å². The Bertz CT molecular complexity index is 233. The Morgan fingerprint density at radius 1 is 1.57 bits per heavy atom. The highest BCUT2D eigenvalue weighted by atomic mass is 32.2. The lowest BCUT2D eigenvalue weighted by molar-refractivity contribution is -0.138. The first-order valence-electron chi connectivity index (χ1n) is 4.86. The molecule has 0 saturated carbocycles. The Labute approximate surface area is 88.2 Å². The lowest BCUT2D eigenvalue weighted by Crippen LogP contribution is -2.32. The van der Waals surface area contributed by atoms with Crippen molar-refractivity contribution < 1.29 is 9.59 Å². The molecule has 0 aromatic heterocycles. The summed E-state index contributed by atoms with van der Waals surface area (Å²) in [6.45, 7) is 3.06. The molecule has 1 aliphatic heterocycles. The van der Waals surface area contributed by atoms with Crippen LogP contribution in [0.5, 0.6) is 0 Å². The molecule has 1 saturated heterocycles. The van der Waals surface area contributed by atoms with E-state index in [1.165, 1.54) is 16.7 Å². The molecule has 1 unspecified atom stereocenters. The van der Waals surface area contributed by atoms with Gasteiger partial charge in [-0.25, -0.2) is 0 Å². The van der Waals surface area contributed by atoms with Crippen LogP contribution < -0.4 is 5.73 Å². The van der Waals surface area contributed by atoms with Crippen molar-refractivity contribution in [3.8, 4) is 0 Å². The van der Waals surface area contributed by atoms with Gasteiger partial charge in [-0.05, 0) is 6.42 Å². The van der Waals surface area contributed by atoms with Crippen molar-refractivity contribution in [2.45, 2.75) is 25.0 Å². The number of hydrogen-bond donors (Lipinski definition) is 1. The van der Waals surface area contributed by atoms with E-state index in [1.807, 2.05) is 6.92 Å². The predicted molar refractivity (Wildman–Crippen MR) is 56.9 cm³/mol. The average molecular weight is 216 g/mol. The van der Waals surface area contributed by atoms with E-state index in [0.29, 0.717) is 19.5 Å². The van der Waals surface area contributed by atoms with Gasteiger partial charge in [0.15, 0.2) is 0 Å². The number of nitrogens with zero attached hydrogens (tertiary/aromatic N) is 1. The maximum atomic E-state index is 11.7. The fraction of sp³-hybridized carbons (Fsp3) is 0.778. The van der Waals surface area contributed by atoms with Gasteiger partial charge in [-0.15, -0.1) is 11.8 Å². The molecular weight excluding hydrogens is 200 g/mol. The van der Waals surface area contributed by atoms with Gasteiger partial charge in [-0.3, -0.25) is 14.5 Å². The summed E-state index contributed by atoms with van der Waals surface area (Å²) in [5.41, 5.74) is 5.35. The van der Waals surface area contributed by atoms with E-state index in [0.717, 1.165) is 12.2 Å². The van der Waals surface area contributed by atoms with Gasteiger partial charge in [0, 0.05) is 25.3 Å². The van der Waals surface area contributed by atoms with E-state index in [9.17, 15) is 9.59 Å². The number of likely N-dealkylation sites (tertiary alicyclic amines) is 1. The van der Waals surface area contributed by atoms with Gasteiger partial charge in [0.2, 0.25) is 11.8 Å². The molecule has 1 atom stereocenters. The molecule has 2 amide bonds. The standard InChI is InChI=1S/C9H16N2O2S/c1-2-4-11-8(12)6-7(9(11)13)14-5-3-10/h7H,2-6,10H2,1H3. The van der Waals surface area contributed by atoms with Gasteiger partial charge < -0.3 is 5.73 Å². The molecule has 2 N–H and O–H groups in total. The second-order valence-electron chi connectivity index (χ2n) is 3.24. The largest absolute Gasteiger partial charge is 0.330 e. The van der Waals surface area contributed by atoms with Crippen LogP contribution in [0.15, 0.2) is 0 Å². The van der Waals surface area contributed by atoms with Crippen molar-refractivity contribution in [2.75, 3.05) is 18.8 Å². The summed E-state index contributed by atoms with van der Waals surface area (Å²) in [5, 5.41) is -0.183. The molecule has 0 aromatic carbocycles. The lowest BCUT2D eigenvalue weighted by atomic mass is 10.4. The smallest absolute Gasteiger partial charge is 0.242 e. The van der Waals surface area contributed by atoms with Gasteiger partial charge in [0.25, 0.3) is 0 Å². The van der Waals surface area contributed by atoms with Crippen molar-refractivity contribution in [2.24, 2.45) is 5.73 Å². The third-order valence-electron chi connectivity index (χ3n) is 2.09. The highest BCUT2D eigenvalue weighted by Gasteiger charge is 2.37. The minimum absolute atomic E-state index is 0.0321. The van der Waals surface area contributed by atoms with Crippen LogP contribution in [0.4, 0.5) is 0 Å². The van der Waals surface area contributed by atoms with Gasteiger partial charge in [-0.1, -0.05) is 6.92 Å². The van der Waals surface area contributed by atoms with Crippen LogP contribution in [-0.4, -0.2) is 40.8 Å². The molecule has 0 bridgehead atoms. The molecule has 0 aromatic rings. The van der Waals surface area contributed by atoms with Crippen molar-refractivity contribution in [3.63, 3.8) is 0 Å². The lowest BCUT2D eigenvalue weighted by Gasteiger charge is -2.12. The summed E-state index contributed by atoms with van der Waals surface area (Å²) in [6, 6.07) is 0. The van der Waals surface area contributed by atoms with E-state index in [-0.39, 0.29) is 17.1 Å². The van der Waals surface area contributed by atoms with E-state index in [1.54, 1.807) is 0 Å². The molecule has 14 heavy (non-hydrogen) atoms. The predicted octanol–water partition coefficient (Wildman–Crippen LogP) is 0.216. The summed E-state index contributed by atoms with van der Waals surface area (Å²) >= 11 is 1.49. The van der Waals surface area contributed by atoms with Crippen LogP contribution in [0.3, 0.4) is 0 Å². The maximum absolute atomic E-state index is 11.7. The Kier molecular flexibility index (Phi) is 4.41. The summed E-state index contributed by atoms with van der Waals surface area (Å²) in [6.07, 6.45) is 1.18. The molecule has 0 spiro atoms. The van der Waals surface area contributed by atoms with Crippen LogP contribution in [0.25, 0.3) is 0 Å². The highest BCUT2D eigenvalue weighted by Crippen LogP contribution is 2.24. The van der Waals surface area contributed by atoms with Gasteiger partial charge in [-0.2, -0.15) is 0 Å². The van der Waals surface area contributed by atoms with E-state index in [4.69, 9.17) is 5.73 Å². The third-order valence-corrected chi connectivity index (χ3v) is 3.33. The maximum Gasteiger partial charge on any atom is 0.242 e.